The summed E-state index contributed by atoms with van der Waals surface area (Å²) in [5, 5.41) is 3.15. The van der Waals surface area contributed by atoms with E-state index in [1.807, 2.05) is 0 Å². The molecule has 2 aromatic rings. The maximum Gasteiger partial charge on any atom is 0.255 e. The lowest BCUT2D eigenvalue weighted by molar-refractivity contribution is 0.0150. The number of ether oxygens (including phenoxy) is 2. The Labute approximate surface area is 192 Å². The summed E-state index contributed by atoms with van der Waals surface area (Å²) in [7, 11) is 3.18. The lowest BCUT2D eigenvalue weighted by Gasteiger charge is -2.60. The number of nitrogens with one attached hydrogen (secondary N) is 1. The zero-order valence-electron chi connectivity index (χ0n) is 18.5. The quantitative estimate of drug-likeness (QED) is 0.511. The highest BCUT2D eigenvalue weighted by Crippen LogP contribution is 2.65. The van der Waals surface area contributed by atoms with Crippen LogP contribution >= 0.6 is 15.9 Å². The first-order valence-corrected chi connectivity index (χ1v) is 12.0. The number of benzene rings is 2. The van der Waals surface area contributed by atoms with Gasteiger partial charge < -0.3 is 14.8 Å². The van der Waals surface area contributed by atoms with Gasteiger partial charge >= 0.3 is 0 Å². The van der Waals surface area contributed by atoms with Gasteiger partial charge in [-0.15, -0.1) is 0 Å². The molecule has 0 aromatic heterocycles. The molecule has 4 nitrogen and oxygen atoms in total. The van der Waals surface area contributed by atoms with Crippen LogP contribution in [-0.2, 0) is 5.41 Å². The van der Waals surface area contributed by atoms with Gasteiger partial charge in [-0.1, -0.05) is 28.1 Å². The van der Waals surface area contributed by atoms with Crippen molar-refractivity contribution in [2.24, 2.45) is 11.8 Å². The van der Waals surface area contributed by atoms with Crippen LogP contribution in [0.4, 0.5) is 5.69 Å². The van der Waals surface area contributed by atoms with Crippen molar-refractivity contribution in [3.05, 3.63) is 53.1 Å². The van der Waals surface area contributed by atoms with Crippen LogP contribution in [0.1, 0.15) is 60.0 Å². The van der Waals surface area contributed by atoms with E-state index in [1.54, 1.807) is 32.4 Å². The highest BCUT2D eigenvalue weighted by molar-refractivity contribution is 9.10. The number of halogens is 1. The standard InChI is InChI=1S/C26H30BrNO3/c1-16-4-5-20(25-11-17-6-18(12-25)14-26(27,13-17)15-25)9-23(16)28-24(29)19-7-21(30-2)10-22(8-19)31-3/h4-5,7-10,17-18H,6,11-15H2,1-3H3,(H,28,29)/t17-,18-,25?,26?/m1/s1. The van der Waals surface area contributed by atoms with Crippen LogP contribution in [0, 0.1) is 18.8 Å². The number of methoxy groups -OCH3 is 2. The number of hydrogen-bond acceptors (Lipinski definition) is 3. The molecular formula is C26H30BrNO3. The average molecular weight is 484 g/mol. The highest BCUT2D eigenvalue weighted by Gasteiger charge is 2.57. The molecular weight excluding hydrogens is 454 g/mol. The molecule has 2 atom stereocenters. The Morgan fingerprint density at radius 2 is 1.65 bits per heavy atom. The van der Waals surface area contributed by atoms with E-state index in [0.29, 0.717) is 21.4 Å². The summed E-state index contributed by atoms with van der Waals surface area (Å²) in [5.74, 6) is 2.70. The van der Waals surface area contributed by atoms with E-state index >= 15 is 0 Å². The van der Waals surface area contributed by atoms with Gasteiger partial charge in [0.2, 0.25) is 0 Å². The second-order valence-corrected chi connectivity index (χ2v) is 11.7. The van der Waals surface area contributed by atoms with Gasteiger partial charge in [0.15, 0.2) is 0 Å². The maximum atomic E-state index is 13.1. The van der Waals surface area contributed by atoms with E-state index in [0.717, 1.165) is 23.1 Å². The van der Waals surface area contributed by atoms with Crippen LogP contribution in [0.2, 0.25) is 0 Å². The minimum absolute atomic E-state index is 0.153. The minimum atomic E-state index is -0.153. The molecule has 1 amide bonds. The maximum absolute atomic E-state index is 13.1. The molecule has 4 aliphatic carbocycles. The molecule has 4 aliphatic rings. The molecule has 31 heavy (non-hydrogen) atoms. The topological polar surface area (TPSA) is 47.6 Å². The molecule has 0 aliphatic heterocycles. The fourth-order valence-corrected chi connectivity index (χ4v) is 8.16. The number of carbonyl (C=O) groups excluding carboxylic acids is 1. The van der Waals surface area contributed by atoms with Gasteiger partial charge in [0, 0.05) is 21.6 Å². The Hall–Kier alpha value is -2.01. The van der Waals surface area contributed by atoms with Gasteiger partial charge in [0.25, 0.3) is 5.91 Å². The third-order valence-electron chi connectivity index (χ3n) is 7.70. The van der Waals surface area contributed by atoms with Gasteiger partial charge in [-0.25, -0.2) is 0 Å². The predicted octanol–water partition coefficient (Wildman–Crippen LogP) is 6.25. The van der Waals surface area contributed by atoms with E-state index in [2.05, 4.69) is 46.4 Å². The monoisotopic (exact) mass is 483 g/mol. The fraction of sp³-hybridized carbons (Fsp3) is 0.500. The number of hydrogen-bond donors (Lipinski definition) is 1. The van der Waals surface area contributed by atoms with Crippen molar-refractivity contribution in [1.82, 2.24) is 0 Å². The van der Waals surface area contributed by atoms with Crippen molar-refractivity contribution >= 4 is 27.5 Å². The van der Waals surface area contributed by atoms with Gasteiger partial charge in [-0.05, 0) is 92.0 Å². The van der Waals surface area contributed by atoms with Crippen molar-refractivity contribution < 1.29 is 14.3 Å². The number of rotatable bonds is 5. The number of anilines is 1. The summed E-state index contributed by atoms with van der Waals surface area (Å²) in [4.78, 5) is 13.1. The van der Waals surface area contributed by atoms with Crippen LogP contribution in [0.15, 0.2) is 36.4 Å². The van der Waals surface area contributed by atoms with Gasteiger partial charge in [0.05, 0.1) is 14.2 Å². The van der Waals surface area contributed by atoms with Crippen molar-refractivity contribution in [3.63, 3.8) is 0 Å². The molecule has 1 N–H and O–H groups in total. The third-order valence-corrected chi connectivity index (χ3v) is 8.63. The van der Waals surface area contributed by atoms with Crippen molar-refractivity contribution in [2.45, 2.75) is 55.2 Å². The molecule has 4 saturated carbocycles. The number of aryl methyl sites for hydroxylation is 1. The van der Waals surface area contributed by atoms with Crippen molar-refractivity contribution in [2.75, 3.05) is 19.5 Å². The van der Waals surface area contributed by atoms with Gasteiger partial charge in [-0.3, -0.25) is 4.79 Å². The Kier molecular flexibility index (Phi) is 5.08. The molecule has 0 unspecified atom stereocenters. The Balaban J connectivity index is 1.44. The summed E-state index contributed by atoms with van der Waals surface area (Å²) in [6.45, 7) is 2.05. The van der Waals surface area contributed by atoms with Crippen molar-refractivity contribution in [3.8, 4) is 11.5 Å². The molecule has 0 spiro atoms. The van der Waals surface area contributed by atoms with Gasteiger partial charge in [0.1, 0.15) is 11.5 Å². The van der Waals surface area contributed by atoms with Crippen LogP contribution in [-0.4, -0.2) is 24.5 Å². The number of amides is 1. The second-order valence-electron chi connectivity index (χ2n) is 9.98. The summed E-state index contributed by atoms with van der Waals surface area (Å²) in [6, 6.07) is 11.9. The molecule has 0 radical (unpaired) electrons. The zero-order chi connectivity index (χ0) is 21.8. The molecule has 6 rings (SSSR count). The van der Waals surface area contributed by atoms with Crippen LogP contribution in [0.25, 0.3) is 0 Å². The first kappa shape index (κ1) is 20.9. The lowest BCUT2D eigenvalue weighted by Crippen LogP contribution is -2.54. The van der Waals surface area contributed by atoms with E-state index in [1.165, 1.54) is 44.1 Å². The Morgan fingerprint density at radius 3 is 2.23 bits per heavy atom. The minimum Gasteiger partial charge on any atom is -0.497 e. The van der Waals surface area contributed by atoms with Crippen LogP contribution in [0.5, 0.6) is 11.5 Å². The fourth-order valence-electron chi connectivity index (χ4n) is 6.71. The zero-order valence-corrected chi connectivity index (χ0v) is 20.1. The molecule has 4 fully saturated rings. The van der Waals surface area contributed by atoms with Crippen LogP contribution < -0.4 is 14.8 Å². The van der Waals surface area contributed by atoms with E-state index < -0.39 is 0 Å². The highest BCUT2D eigenvalue weighted by atomic mass is 79.9. The number of alkyl halides is 1. The predicted molar refractivity (Wildman–Crippen MR) is 127 cm³/mol. The summed E-state index contributed by atoms with van der Waals surface area (Å²) in [6.07, 6.45) is 7.79. The molecule has 2 aromatic carbocycles. The first-order chi connectivity index (χ1) is 14.8. The Morgan fingerprint density at radius 1 is 1.00 bits per heavy atom. The van der Waals surface area contributed by atoms with E-state index in [4.69, 9.17) is 9.47 Å². The van der Waals surface area contributed by atoms with Crippen molar-refractivity contribution in [1.29, 1.82) is 0 Å². The second kappa shape index (κ2) is 7.54. The SMILES string of the molecule is COc1cc(OC)cc(C(=O)Nc2cc(C34C[C@H]5C[C@@H](CC(Br)(C5)C3)C4)ccc2C)c1. The van der Waals surface area contributed by atoms with Gasteiger partial charge in [-0.2, -0.15) is 0 Å². The summed E-state index contributed by atoms with van der Waals surface area (Å²) < 4.78 is 11.0. The smallest absolute Gasteiger partial charge is 0.255 e. The average Bonchev–Trinajstić information content (AvgIpc) is 2.73. The molecule has 4 bridgehead atoms. The largest absolute Gasteiger partial charge is 0.497 e. The molecule has 0 heterocycles. The molecule has 0 saturated heterocycles. The van der Waals surface area contributed by atoms with E-state index in [-0.39, 0.29) is 11.3 Å². The molecule has 164 valence electrons. The lowest BCUT2D eigenvalue weighted by atomic mass is 9.48. The Bertz CT molecular complexity index is 997. The van der Waals surface area contributed by atoms with E-state index in [9.17, 15) is 4.79 Å². The third kappa shape index (κ3) is 3.75. The summed E-state index contributed by atoms with van der Waals surface area (Å²) in [5.41, 5.74) is 4.11. The molecule has 5 heteroatoms. The summed E-state index contributed by atoms with van der Waals surface area (Å²) >= 11 is 4.13. The van der Waals surface area contributed by atoms with Crippen LogP contribution in [0.3, 0.4) is 0 Å². The number of carbonyl (C=O) groups is 1. The first-order valence-electron chi connectivity index (χ1n) is 11.2. The normalized spacial score (nSPS) is 30.8.